The van der Waals surface area contributed by atoms with Crippen LogP contribution in [0.5, 0.6) is 0 Å². The fourth-order valence-electron chi connectivity index (χ4n) is 0.774. The average Bonchev–Trinajstić information content (AvgIpc) is 2.12. The quantitative estimate of drug-likeness (QED) is 0.453. The van der Waals surface area contributed by atoms with Crippen LogP contribution in [0.4, 0.5) is 0 Å². The van der Waals surface area contributed by atoms with Crippen molar-refractivity contribution in [2.24, 2.45) is 0 Å². The maximum Gasteiger partial charge on any atom is 4.00 e. The van der Waals surface area contributed by atoms with Crippen LogP contribution in [0.25, 0.3) is 0 Å². The van der Waals surface area contributed by atoms with Crippen LogP contribution in [0, 0.1) is 0 Å². The third-order valence-electron chi connectivity index (χ3n) is 1.36. The Hall–Kier alpha value is 1.10. The summed E-state index contributed by atoms with van der Waals surface area (Å²) in [5.41, 5.74) is 1.44. The van der Waals surface area contributed by atoms with Crippen LogP contribution in [-0.2, 0) is 26.2 Å². The molecule has 0 amide bonds. The molecule has 68 valence electrons. The van der Waals surface area contributed by atoms with E-state index in [1.54, 1.807) is 0 Å². The van der Waals surface area contributed by atoms with E-state index in [4.69, 9.17) is 0 Å². The zero-order valence-corrected chi connectivity index (χ0v) is 11.7. The minimum atomic E-state index is 0. The molecule has 0 aliphatic carbocycles. The fraction of sp³-hybridized carbons (Fsp3) is 0.375. The van der Waals surface area contributed by atoms with Crippen LogP contribution in [0.1, 0.15) is 25.3 Å². The molecule has 0 atom stereocenters. The van der Waals surface area contributed by atoms with Gasteiger partial charge in [-0.2, -0.15) is 17.7 Å². The molecule has 0 aliphatic rings. The first-order valence-corrected chi connectivity index (χ1v) is 3.02. The van der Waals surface area contributed by atoms with Crippen LogP contribution in [-0.4, -0.2) is 0 Å². The molecule has 12 heavy (non-hydrogen) atoms. The van der Waals surface area contributed by atoms with Crippen LogP contribution < -0.4 is 37.2 Å². The van der Waals surface area contributed by atoms with E-state index in [-0.39, 0.29) is 63.4 Å². The molecule has 0 nitrogen and oxygen atoms in total. The molecule has 0 aliphatic heterocycles. The van der Waals surface area contributed by atoms with E-state index < -0.39 is 0 Å². The van der Waals surface area contributed by atoms with E-state index in [0.717, 1.165) is 0 Å². The zero-order valence-electron chi connectivity index (χ0n) is 7.02. The molecule has 0 unspecified atom stereocenters. The smallest absolute Gasteiger partial charge is 1.00 e. The van der Waals surface area contributed by atoms with Crippen molar-refractivity contribution in [3.05, 3.63) is 29.8 Å². The number of halogens is 3. The third-order valence-corrected chi connectivity index (χ3v) is 1.36. The van der Waals surface area contributed by atoms with E-state index in [2.05, 4.69) is 38.1 Å². The number of hydrogen-bond acceptors (Lipinski definition) is 0. The van der Waals surface area contributed by atoms with Crippen molar-refractivity contribution in [3.63, 3.8) is 0 Å². The van der Waals surface area contributed by atoms with Gasteiger partial charge in [0.25, 0.3) is 0 Å². The summed E-state index contributed by atoms with van der Waals surface area (Å²) in [6.45, 7) is 4.41. The van der Waals surface area contributed by atoms with Gasteiger partial charge in [0.1, 0.15) is 0 Å². The van der Waals surface area contributed by atoms with Gasteiger partial charge in [0.15, 0.2) is 0 Å². The van der Waals surface area contributed by atoms with Gasteiger partial charge in [0.05, 0.1) is 0 Å². The molecule has 0 bridgehead atoms. The van der Waals surface area contributed by atoms with Gasteiger partial charge in [-0.05, 0) is 0 Å². The Bertz CT molecular complexity index is 149. The van der Waals surface area contributed by atoms with Crippen molar-refractivity contribution < 1.29 is 63.4 Å². The predicted octanol–water partition coefficient (Wildman–Crippen LogP) is -6.46. The minimum Gasteiger partial charge on any atom is -1.00 e. The van der Waals surface area contributed by atoms with E-state index in [1.165, 1.54) is 5.56 Å². The van der Waals surface area contributed by atoms with E-state index in [0.29, 0.717) is 5.92 Å². The van der Waals surface area contributed by atoms with E-state index in [1.807, 2.05) is 0 Å². The molecular weight excluding hydrogens is 294 g/mol. The second kappa shape index (κ2) is 12.1. The monoisotopic (exact) mass is 302 g/mol. The molecule has 1 aromatic carbocycles. The summed E-state index contributed by atoms with van der Waals surface area (Å²) in [6, 6.07) is 8.47. The Labute approximate surface area is 112 Å². The first-order valence-electron chi connectivity index (χ1n) is 3.02. The van der Waals surface area contributed by atoms with E-state index >= 15 is 0 Å². The van der Waals surface area contributed by atoms with Crippen LogP contribution >= 0.6 is 0 Å². The van der Waals surface area contributed by atoms with E-state index in [9.17, 15) is 0 Å². The summed E-state index contributed by atoms with van der Waals surface area (Å²) in [6.07, 6.45) is 0. The van der Waals surface area contributed by atoms with Crippen molar-refractivity contribution >= 4 is 0 Å². The van der Waals surface area contributed by atoms with Gasteiger partial charge in [-0.15, -0.1) is 0 Å². The van der Waals surface area contributed by atoms with Gasteiger partial charge < -0.3 is 37.2 Å². The van der Waals surface area contributed by atoms with Crippen molar-refractivity contribution in [3.8, 4) is 0 Å². The van der Waals surface area contributed by atoms with Gasteiger partial charge in [-0.1, -0.05) is 19.8 Å². The molecule has 0 heterocycles. The minimum absolute atomic E-state index is 0. The average molecular weight is 305 g/mol. The molecule has 0 saturated carbocycles. The van der Waals surface area contributed by atoms with Crippen molar-refractivity contribution in [1.82, 2.24) is 0 Å². The molecule has 0 radical (unpaired) electrons. The maximum absolute atomic E-state index is 2.20. The summed E-state index contributed by atoms with van der Waals surface area (Å²) in [4.78, 5) is 0. The first kappa shape index (κ1) is 23.2. The van der Waals surface area contributed by atoms with Crippen molar-refractivity contribution in [2.75, 3.05) is 0 Å². The first-order chi connectivity index (χ1) is 3.80. The summed E-state index contributed by atoms with van der Waals surface area (Å²) in [5, 5.41) is 0. The van der Waals surface area contributed by atoms with Crippen LogP contribution in [0.3, 0.4) is 0 Å². The Morgan fingerprint density at radius 1 is 0.917 bits per heavy atom. The molecule has 0 N–H and O–H groups in total. The Balaban J connectivity index is -0.0000000800. The topological polar surface area (TPSA) is 0 Å². The summed E-state index contributed by atoms with van der Waals surface area (Å²) >= 11 is 0. The molecule has 0 spiro atoms. The SMILES string of the molecule is CC(C)[c-]1cccc1.[Cl-].[Cl-].[Cl-].[Zr+4]. The van der Waals surface area contributed by atoms with Crippen molar-refractivity contribution in [2.45, 2.75) is 19.8 Å². The number of hydrogen-bond donors (Lipinski definition) is 0. The van der Waals surface area contributed by atoms with Gasteiger partial charge >= 0.3 is 26.2 Å². The normalized spacial score (nSPS) is 6.92. The molecule has 0 aromatic heterocycles. The zero-order chi connectivity index (χ0) is 5.98. The van der Waals surface area contributed by atoms with Crippen LogP contribution in [0.15, 0.2) is 24.3 Å². The Morgan fingerprint density at radius 3 is 1.42 bits per heavy atom. The summed E-state index contributed by atoms with van der Waals surface area (Å²) in [5.74, 6) is 0.685. The standard InChI is InChI=1S/C8H11.3ClH.Zr/c1-7(2)8-5-3-4-6-8;;;;/h3-7H,1-2H3;3*1H;/q-1;;;;+4/p-3. The maximum atomic E-state index is 2.20. The van der Waals surface area contributed by atoms with Gasteiger partial charge in [0.2, 0.25) is 0 Å². The fourth-order valence-corrected chi connectivity index (χ4v) is 0.774. The molecule has 1 aromatic rings. The van der Waals surface area contributed by atoms with Gasteiger partial charge in [0, 0.05) is 0 Å². The second-order valence-electron chi connectivity index (χ2n) is 2.37. The molecule has 0 saturated heterocycles. The molecule has 1 rings (SSSR count). The third kappa shape index (κ3) is 7.74. The molecular formula is C8H11Cl3Zr. The summed E-state index contributed by atoms with van der Waals surface area (Å²) in [7, 11) is 0. The van der Waals surface area contributed by atoms with Gasteiger partial charge in [-0.3, -0.25) is 0 Å². The van der Waals surface area contributed by atoms with Crippen LogP contribution in [0.2, 0.25) is 0 Å². The summed E-state index contributed by atoms with van der Waals surface area (Å²) < 4.78 is 0. The number of rotatable bonds is 1. The molecule has 4 heteroatoms. The second-order valence-corrected chi connectivity index (χ2v) is 2.37. The largest absolute Gasteiger partial charge is 4.00 e. The van der Waals surface area contributed by atoms with Gasteiger partial charge in [-0.25, -0.2) is 12.1 Å². The van der Waals surface area contributed by atoms with Crippen molar-refractivity contribution in [1.29, 1.82) is 0 Å². The molecule has 0 fully saturated rings. The Kier molecular flexibility index (Phi) is 23.4. The Morgan fingerprint density at radius 2 is 1.25 bits per heavy atom. The predicted molar refractivity (Wildman–Crippen MR) is 36.1 cm³/mol.